The summed E-state index contributed by atoms with van der Waals surface area (Å²) in [4.78, 5) is 0. The van der Waals surface area contributed by atoms with Crippen LogP contribution in [-0.2, 0) is 9.47 Å². The van der Waals surface area contributed by atoms with Crippen molar-refractivity contribution in [3.8, 4) is 0 Å². The van der Waals surface area contributed by atoms with E-state index in [0.29, 0.717) is 19.1 Å². The van der Waals surface area contributed by atoms with Crippen molar-refractivity contribution in [1.82, 2.24) is 0 Å². The monoisotopic (exact) mass is 230 g/mol. The van der Waals surface area contributed by atoms with E-state index < -0.39 is 0 Å². The molecule has 0 radical (unpaired) electrons. The zero-order valence-electron chi connectivity index (χ0n) is 10.7. The Morgan fingerprint density at radius 3 is 2.81 bits per heavy atom. The van der Waals surface area contributed by atoms with Gasteiger partial charge >= 0.3 is 0 Å². The van der Waals surface area contributed by atoms with Crippen LogP contribution in [0.25, 0.3) is 0 Å². The average Bonchev–Trinajstić information content (AvgIpc) is 2.29. The van der Waals surface area contributed by atoms with Crippen LogP contribution in [-0.4, -0.2) is 37.1 Å². The number of aliphatic hydroxyl groups is 1. The van der Waals surface area contributed by atoms with Crippen LogP contribution in [0.5, 0.6) is 0 Å². The van der Waals surface area contributed by atoms with E-state index in [1.807, 2.05) is 0 Å². The van der Waals surface area contributed by atoms with Gasteiger partial charge in [-0.05, 0) is 12.3 Å². The molecule has 96 valence electrons. The fraction of sp³-hybridized carbons (Fsp3) is 1.00. The first-order valence-corrected chi connectivity index (χ1v) is 6.63. The van der Waals surface area contributed by atoms with Gasteiger partial charge in [-0.25, -0.2) is 0 Å². The Morgan fingerprint density at radius 1 is 1.38 bits per heavy atom. The molecule has 16 heavy (non-hydrogen) atoms. The van der Waals surface area contributed by atoms with Crippen molar-refractivity contribution in [1.29, 1.82) is 0 Å². The molecule has 0 aromatic heterocycles. The minimum Gasteiger partial charge on any atom is -0.391 e. The highest BCUT2D eigenvalue weighted by atomic mass is 16.5. The molecular formula is C13H26O3. The van der Waals surface area contributed by atoms with Crippen molar-refractivity contribution in [2.75, 3.05) is 19.8 Å². The van der Waals surface area contributed by atoms with Gasteiger partial charge in [-0.1, -0.05) is 33.1 Å². The second kappa shape index (κ2) is 8.04. The Morgan fingerprint density at radius 2 is 2.19 bits per heavy atom. The van der Waals surface area contributed by atoms with Gasteiger partial charge in [0.05, 0.1) is 25.4 Å². The summed E-state index contributed by atoms with van der Waals surface area (Å²) in [6, 6.07) is 0. The summed E-state index contributed by atoms with van der Waals surface area (Å²) in [5, 5.41) is 9.44. The molecule has 0 aliphatic carbocycles. The lowest BCUT2D eigenvalue weighted by molar-refractivity contribution is -0.105. The maximum Gasteiger partial charge on any atom is 0.0834 e. The lowest BCUT2D eigenvalue weighted by Gasteiger charge is -2.27. The number of unbranched alkanes of at least 4 members (excludes halogenated alkanes) is 1. The Bertz CT molecular complexity index is 173. The zero-order valence-corrected chi connectivity index (χ0v) is 10.7. The Balaban J connectivity index is 2.15. The highest BCUT2D eigenvalue weighted by Gasteiger charge is 2.22. The van der Waals surface area contributed by atoms with Crippen LogP contribution in [0.1, 0.15) is 46.0 Å². The standard InChI is InChI=1S/C13H26O3/c1-3-5-6-11(4-2)8-16-13-7-12(14)9-15-10-13/h11-14H,3-10H2,1-2H3/t11?,12-,13-/m0/s1. The molecule has 1 aliphatic heterocycles. The molecule has 3 heteroatoms. The van der Waals surface area contributed by atoms with Crippen LogP contribution in [0.3, 0.4) is 0 Å². The molecule has 1 saturated heterocycles. The number of hydrogen-bond acceptors (Lipinski definition) is 3. The highest BCUT2D eigenvalue weighted by Crippen LogP contribution is 2.16. The first-order chi connectivity index (χ1) is 7.76. The summed E-state index contributed by atoms with van der Waals surface area (Å²) in [6.45, 7) is 6.36. The van der Waals surface area contributed by atoms with E-state index in [1.165, 1.54) is 25.7 Å². The van der Waals surface area contributed by atoms with Crippen LogP contribution in [0, 0.1) is 5.92 Å². The molecule has 0 bridgehead atoms. The molecule has 0 aromatic rings. The van der Waals surface area contributed by atoms with E-state index in [2.05, 4.69) is 13.8 Å². The van der Waals surface area contributed by atoms with Crippen molar-refractivity contribution in [2.24, 2.45) is 5.92 Å². The Labute approximate surface area is 99.1 Å². The molecule has 1 aliphatic rings. The third-order valence-corrected chi connectivity index (χ3v) is 3.26. The number of hydrogen-bond donors (Lipinski definition) is 1. The second-order valence-electron chi connectivity index (χ2n) is 4.80. The Kier molecular flexibility index (Phi) is 7.01. The lowest BCUT2D eigenvalue weighted by atomic mass is 10.0. The van der Waals surface area contributed by atoms with Gasteiger partial charge in [-0.15, -0.1) is 0 Å². The summed E-state index contributed by atoms with van der Waals surface area (Å²) in [5.74, 6) is 0.666. The number of rotatable bonds is 7. The van der Waals surface area contributed by atoms with Crippen LogP contribution in [0.15, 0.2) is 0 Å². The summed E-state index contributed by atoms with van der Waals surface area (Å²) in [5.41, 5.74) is 0. The van der Waals surface area contributed by atoms with E-state index in [1.54, 1.807) is 0 Å². The van der Waals surface area contributed by atoms with Crippen molar-refractivity contribution < 1.29 is 14.6 Å². The molecule has 0 saturated carbocycles. The van der Waals surface area contributed by atoms with Crippen molar-refractivity contribution in [2.45, 2.75) is 58.2 Å². The smallest absolute Gasteiger partial charge is 0.0834 e. The maximum absolute atomic E-state index is 9.44. The molecule has 0 aromatic carbocycles. The van der Waals surface area contributed by atoms with Crippen LogP contribution < -0.4 is 0 Å². The van der Waals surface area contributed by atoms with Crippen molar-refractivity contribution in [3.05, 3.63) is 0 Å². The molecule has 1 fully saturated rings. The molecule has 1 rings (SSSR count). The van der Waals surface area contributed by atoms with E-state index >= 15 is 0 Å². The predicted octanol–water partition coefficient (Wildman–Crippen LogP) is 2.37. The van der Waals surface area contributed by atoms with Crippen LogP contribution in [0.2, 0.25) is 0 Å². The molecule has 3 nitrogen and oxygen atoms in total. The van der Waals surface area contributed by atoms with E-state index in [-0.39, 0.29) is 12.2 Å². The molecule has 1 unspecified atom stereocenters. The fourth-order valence-corrected chi connectivity index (χ4v) is 2.06. The van der Waals surface area contributed by atoms with E-state index in [0.717, 1.165) is 13.0 Å². The summed E-state index contributed by atoms with van der Waals surface area (Å²) >= 11 is 0. The van der Waals surface area contributed by atoms with Gasteiger partial charge in [0.25, 0.3) is 0 Å². The number of aliphatic hydroxyl groups excluding tert-OH is 1. The predicted molar refractivity (Wildman–Crippen MR) is 64.5 cm³/mol. The van der Waals surface area contributed by atoms with Gasteiger partial charge in [-0.2, -0.15) is 0 Å². The Hall–Kier alpha value is -0.120. The zero-order chi connectivity index (χ0) is 11.8. The number of ether oxygens (including phenoxy) is 2. The first-order valence-electron chi connectivity index (χ1n) is 6.63. The van der Waals surface area contributed by atoms with Gasteiger partial charge in [0, 0.05) is 13.0 Å². The molecular weight excluding hydrogens is 204 g/mol. The minimum atomic E-state index is -0.338. The van der Waals surface area contributed by atoms with Crippen LogP contribution in [0.4, 0.5) is 0 Å². The lowest BCUT2D eigenvalue weighted by Crippen LogP contribution is -2.35. The molecule has 3 atom stereocenters. The third kappa shape index (κ3) is 5.28. The molecule has 1 heterocycles. The average molecular weight is 230 g/mol. The van der Waals surface area contributed by atoms with Gasteiger partial charge < -0.3 is 14.6 Å². The van der Waals surface area contributed by atoms with Crippen molar-refractivity contribution >= 4 is 0 Å². The molecule has 0 amide bonds. The normalized spacial score (nSPS) is 27.9. The molecule has 1 N–H and O–H groups in total. The quantitative estimate of drug-likeness (QED) is 0.729. The topological polar surface area (TPSA) is 38.7 Å². The highest BCUT2D eigenvalue weighted by molar-refractivity contribution is 4.70. The largest absolute Gasteiger partial charge is 0.391 e. The third-order valence-electron chi connectivity index (χ3n) is 3.26. The minimum absolute atomic E-state index is 0.0967. The molecule has 0 spiro atoms. The summed E-state index contributed by atoms with van der Waals surface area (Å²) in [6.07, 6.45) is 5.45. The van der Waals surface area contributed by atoms with Gasteiger partial charge in [-0.3, -0.25) is 0 Å². The van der Waals surface area contributed by atoms with E-state index in [4.69, 9.17) is 9.47 Å². The van der Waals surface area contributed by atoms with Gasteiger partial charge in [0.1, 0.15) is 0 Å². The van der Waals surface area contributed by atoms with Crippen molar-refractivity contribution in [3.63, 3.8) is 0 Å². The SMILES string of the molecule is CCCCC(CC)CO[C@@H]1COC[C@@H](O)C1. The van der Waals surface area contributed by atoms with Gasteiger partial charge in [0.2, 0.25) is 0 Å². The summed E-state index contributed by atoms with van der Waals surface area (Å²) < 4.78 is 11.1. The van der Waals surface area contributed by atoms with Crippen LogP contribution >= 0.6 is 0 Å². The maximum atomic E-state index is 9.44. The van der Waals surface area contributed by atoms with E-state index in [9.17, 15) is 5.11 Å². The van der Waals surface area contributed by atoms with Gasteiger partial charge in [0.15, 0.2) is 0 Å². The summed E-state index contributed by atoms with van der Waals surface area (Å²) in [7, 11) is 0. The second-order valence-corrected chi connectivity index (χ2v) is 4.80. The first kappa shape index (κ1) is 13.9. The fourth-order valence-electron chi connectivity index (χ4n) is 2.06.